The normalized spacial score (nSPS) is 19.8. The molecule has 0 unspecified atom stereocenters. The van der Waals surface area contributed by atoms with Gasteiger partial charge in [0.1, 0.15) is 17.1 Å². The van der Waals surface area contributed by atoms with Crippen LogP contribution in [0.2, 0.25) is 0 Å². The van der Waals surface area contributed by atoms with E-state index in [9.17, 15) is 4.79 Å². The maximum absolute atomic E-state index is 11.5. The average molecular weight is 289 g/mol. The number of aryl methyl sites for hydroxylation is 1. The zero-order valence-corrected chi connectivity index (χ0v) is 12.4. The molecule has 1 saturated heterocycles. The molecule has 5 nitrogen and oxygen atoms in total. The van der Waals surface area contributed by atoms with Gasteiger partial charge in [-0.05, 0) is 19.9 Å². The van der Waals surface area contributed by atoms with Crippen LogP contribution in [0.15, 0.2) is 10.5 Å². The maximum Gasteiger partial charge on any atom is 0.341 e. The molecule has 0 amide bonds. The third-order valence-electron chi connectivity index (χ3n) is 3.21. The van der Waals surface area contributed by atoms with Crippen molar-refractivity contribution in [2.45, 2.75) is 26.4 Å². The van der Waals surface area contributed by atoms with E-state index in [-0.39, 0.29) is 18.4 Å². The SMILES string of the molecule is COC(=O)c1cc(CN2CCN[C@H](C)C2)oc1C.Cl. The second kappa shape index (κ2) is 6.93. The number of furan rings is 1. The van der Waals surface area contributed by atoms with Crippen LogP contribution in [-0.2, 0) is 11.3 Å². The van der Waals surface area contributed by atoms with Crippen LogP contribution in [-0.4, -0.2) is 43.7 Å². The van der Waals surface area contributed by atoms with Crippen LogP contribution in [0.25, 0.3) is 0 Å². The van der Waals surface area contributed by atoms with Gasteiger partial charge in [-0.3, -0.25) is 4.90 Å². The second-order valence-electron chi connectivity index (χ2n) is 4.76. The highest BCUT2D eigenvalue weighted by Gasteiger charge is 2.20. The summed E-state index contributed by atoms with van der Waals surface area (Å²) < 4.78 is 10.3. The van der Waals surface area contributed by atoms with Crippen molar-refractivity contribution in [3.8, 4) is 0 Å². The number of esters is 1. The van der Waals surface area contributed by atoms with Gasteiger partial charge in [0.15, 0.2) is 0 Å². The van der Waals surface area contributed by atoms with E-state index in [0.717, 1.165) is 31.9 Å². The van der Waals surface area contributed by atoms with E-state index in [1.165, 1.54) is 7.11 Å². The van der Waals surface area contributed by atoms with Crippen LogP contribution >= 0.6 is 12.4 Å². The fraction of sp³-hybridized carbons (Fsp3) is 0.615. The fourth-order valence-electron chi connectivity index (χ4n) is 2.31. The van der Waals surface area contributed by atoms with Crippen molar-refractivity contribution in [3.63, 3.8) is 0 Å². The lowest BCUT2D eigenvalue weighted by Gasteiger charge is -2.31. The molecule has 1 atom stereocenters. The summed E-state index contributed by atoms with van der Waals surface area (Å²) in [5, 5.41) is 3.40. The predicted octanol–water partition coefficient (Wildman–Crippen LogP) is 1.59. The van der Waals surface area contributed by atoms with Crippen LogP contribution in [0.4, 0.5) is 0 Å². The molecule has 0 radical (unpaired) electrons. The Bertz CT molecular complexity index is 434. The van der Waals surface area contributed by atoms with Crippen molar-refractivity contribution >= 4 is 18.4 Å². The molecule has 0 bridgehead atoms. The van der Waals surface area contributed by atoms with Gasteiger partial charge < -0.3 is 14.5 Å². The van der Waals surface area contributed by atoms with Crippen LogP contribution in [0.1, 0.15) is 28.8 Å². The lowest BCUT2D eigenvalue weighted by atomic mass is 10.2. The molecule has 0 spiro atoms. The molecule has 2 heterocycles. The highest BCUT2D eigenvalue weighted by Crippen LogP contribution is 2.17. The summed E-state index contributed by atoms with van der Waals surface area (Å²) in [6.07, 6.45) is 0. The van der Waals surface area contributed by atoms with Gasteiger partial charge in [-0.25, -0.2) is 4.79 Å². The zero-order chi connectivity index (χ0) is 13.1. The number of nitrogens with zero attached hydrogens (tertiary/aromatic N) is 1. The van der Waals surface area contributed by atoms with Gasteiger partial charge in [0.25, 0.3) is 0 Å². The molecule has 19 heavy (non-hydrogen) atoms. The minimum atomic E-state index is -0.337. The number of rotatable bonds is 3. The molecule has 1 aliphatic heterocycles. The smallest absolute Gasteiger partial charge is 0.341 e. The van der Waals surface area contributed by atoms with Crippen molar-refractivity contribution in [2.24, 2.45) is 0 Å². The molecule has 108 valence electrons. The molecule has 1 N–H and O–H groups in total. The quantitative estimate of drug-likeness (QED) is 0.856. The number of carbonyl (C=O) groups excluding carboxylic acids is 1. The molecule has 1 aliphatic rings. The molecule has 1 aromatic rings. The van der Waals surface area contributed by atoms with Crippen molar-refractivity contribution in [1.82, 2.24) is 10.2 Å². The van der Waals surface area contributed by atoms with E-state index in [2.05, 4.69) is 17.1 Å². The Balaban J connectivity index is 0.00000180. The summed E-state index contributed by atoms with van der Waals surface area (Å²) in [6.45, 7) is 7.68. The largest absolute Gasteiger partial charge is 0.465 e. The van der Waals surface area contributed by atoms with Crippen LogP contribution in [0, 0.1) is 6.92 Å². The Labute approximate surface area is 119 Å². The van der Waals surface area contributed by atoms with E-state index in [1.807, 2.05) is 0 Å². The number of ether oxygens (including phenoxy) is 1. The third kappa shape index (κ3) is 3.96. The molecule has 0 saturated carbocycles. The number of nitrogens with one attached hydrogen (secondary N) is 1. The number of carbonyl (C=O) groups is 1. The Morgan fingerprint density at radius 2 is 2.37 bits per heavy atom. The van der Waals surface area contributed by atoms with Crippen molar-refractivity contribution in [3.05, 3.63) is 23.2 Å². The summed E-state index contributed by atoms with van der Waals surface area (Å²) in [5.74, 6) is 1.11. The van der Waals surface area contributed by atoms with Gasteiger partial charge in [-0.2, -0.15) is 0 Å². The molecule has 6 heteroatoms. The van der Waals surface area contributed by atoms with Gasteiger partial charge in [0, 0.05) is 25.7 Å². The Hall–Kier alpha value is -1.04. The third-order valence-corrected chi connectivity index (χ3v) is 3.21. The Morgan fingerprint density at radius 3 is 3.00 bits per heavy atom. The summed E-state index contributed by atoms with van der Waals surface area (Å²) >= 11 is 0. The van der Waals surface area contributed by atoms with Crippen molar-refractivity contribution < 1.29 is 13.9 Å². The van der Waals surface area contributed by atoms with Gasteiger partial charge in [-0.1, -0.05) is 0 Å². The summed E-state index contributed by atoms with van der Waals surface area (Å²) in [7, 11) is 1.38. The highest BCUT2D eigenvalue weighted by atomic mass is 35.5. The number of hydrogen-bond donors (Lipinski definition) is 1. The first-order valence-corrected chi connectivity index (χ1v) is 6.23. The predicted molar refractivity (Wildman–Crippen MR) is 74.8 cm³/mol. The topological polar surface area (TPSA) is 54.7 Å². The van der Waals surface area contributed by atoms with Crippen LogP contribution < -0.4 is 5.32 Å². The van der Waals surface area contributed by atoms with Crippen LogP contribution in [0.3, 0.4) is 0 Å². The first-order valence-electron chi connectivity index (χ1n) is 6.23. The van der Waals surface area contributed by atoms with Gasteiger partial charge in [-0.15, -0.1) is 12.4 Å². The standard InChI is InChI=1S/C13H20N2O3.ClH/c1-9-7-15(5-4-14-9)8-11-6-12(10(2)18-11)13(16)17-3;/h6,9,14H,4-5,7-8H2,1-3H3;1H/t9-;/m1./s1. The molecule has 2 rings (SSSR count). The zero-order valence-electron chi connectivity index (χ0n) is 11.6. The minimum absolute atomic E-state index is 0. The monoisotopic (exact) mass is 288 g/mol. The number of halogens is 1. The van der Waals surface area contributed by atoms with Crippen molar-refractivity contribution in [2.75, 3.05) is 26.7 Å². The molecular weight excluding hydrogens is 268 g/mol. The fourth-order valence-corrected chi connectivity index (χ4v) is 2.31. The number of hydrogen-bond acceptors (Lipinski definition) is 5. The first-order chi connectivity index (χ1) is 8.60. The lowest BCUT2D eigenvalue weighted by molar-refractivity contribution is 0.0599. The Kier molecular flexibility index (Phi) is 5.85. The molecule has 0 aliphatic carbocycles. The van der Waals surface area contributed by atoms with Gasteiger partial charge in [0.05, 0.1) is 13.7 Å². The first kappa shape index (κ1) is 16.0. The number of methoxy groups -OCH3 is 1. The maximum atomic E-state index is 11.5. The molecule has 0 aromatic carbocycles. The molecule has 1 fully saturated rings. The summed E-state index contributed by atoms with van der Waals surface area (Å²) in [4.78, 5) is 13.8. The van der Waals surface area contributed by atoms with E-state index < -0.39 is 0 Å². The van der Waals surface area contributed by atoms with Crippen LogP contribution in [0.5, 0.6) is 0 Å². The summed E-state index contributed by atoms with van der Waals surface area (Å²) in [5.41, 5.74) is 0.524. The average Bonchev–Trinajstić information content (AvgIpc) is 2.69. The van der Waals surface area contributed by atoms with Gasteiger partial charge in [0.2, 0.25) is 0 Å². The number of piperazine rings is 1. The van der Waals surface area contributed by atoms with E-state index in [4.69, 9.17) is 9.15 Å². The molecular formula is C13H21ClN2O3. The highest BCUT2D eigenvalue weighted by molar-refractivity contribution is 5.90. The Morgan fingerprint density at radius 1 is 1.63 bits per heavy atom. The van der Waals surface area contributed by atoms with Crippen molar-refractivity contribution in [1.29, 1.82) is 0 Å². The second-order valence-corrected chi connectivity index (χ2v) is 4.76. The lowest BCUT2D eigenvalue weighted by Crippen LogP contribution is -2.48. The summed E-state index contributed by atoms with van der Waals surface area (Å²) in [6, 6.07) is 2.28. The van der Waals surface area contributed by atoms with Gasteiger partial charge >= 0.3 is 5.97 Å². The van der Waals surface area contributed by atoms with E-state index >= 15 is 0 Å². The van der Waals surface area contributed by atoms with E-state index in [0.29, 0.717) is 17.4 Å². The van der Waals surface area contributed by atoms with E-state index in [1.54, 1.807) is 13.0 Å². The molecule has 1 aromatic heterocycles. The minimum Gasteiger partial charge on any atom is -0.465 e.